The lowest BCUT2D eigenvalue weighted by molar-refractivity contribution is 0.601. The molecule has 0 aliphatic rings. The number of rotatable bonds is 3. The molecule has 100 valence electrons. The first-order valence-electron chi connectivity index (χ1n) is 4.98. The third kappa shape index (κ3) is 3.80. The van der Waals surface area contributed by atoms with Crippen molar-refractivity contribution in [2.24, 2.45) is 0 Å². The first kappa shape index (κ1) is 15.0. The molecule has 2 rings (SSSR count). The highest BCUT2D eigenvalue weighted by Crippen LogP contribution is 2.26. The van der Waals surface area contributed by atoms with Crippen LogP contribution in [0.4, 0.5) is 5.82 Å². The molecule has 0 aliphatic carbocycles. The van der Waals surface area contributed by atoms with Gasteiger partial charge in [0.05, 0.1) is 9.92 Å². The van der Waals surface area contributed by atoms with Gasteiger partial charge in [0, 0.05) is 14.2 Å². The van der Waals surface area contributed by atoms with E-state index in [1.54, 1.807) is 18.3 Å². The highest BCUT2D eigenvalue weighted by Gasteiger charge is 2.16. The van der Waals surface area contributed by atoms with Gasteiger partial charge in [0.2, 0.25) is 0 Å². The second-order valence-corrected chi connectivity index (χ2v) is 7.73. The van der Waals surface area contributed by atoms with Crippen molar-refractivity contribution in [1.29, 1.82) is 0 Å². The van der Waals surface area contributed by atoms with Gasteiger partial charge in [0.15, 0.2) is 0 Å². The largest absolute Gasteiger partial charge is 0.263 e. The SMILES string of the molecule is O=S(=O)(Nc1ccc(I)cn1)c1ccc(Cl)c(Br)c1. The summed E-state index contributed by atoms with van der Waals surface area (Å²) in [6, 6.07) is 7.76. The number of hydrogen-bond donors (Lipinski definition) is 1. The van der Waals surface area contributed by atoms with Crippen LogP contribution in [0.5, 0.6) is 0 Å². The second-order valence-electron chi connectivity index (χ2n) is 3.54. The molecule has 1 aromatic heterocycles. The van der Waals surface area contributed by atoms with Crippen LogP contribution < -0.4 is 4.72 Å². The van der Waals surface area contributed by atoms with Crippen molar-refractivity contribution in [3.63, 3.8) is 0 Å². The molecule has 0 unspecified atom stereocenters. The van der Waals surface area contributed by atoms with Gasteiger partial charge in [0.25, 0.3) is 10.0 Å². The van der Waals surface area contributed by atoms with Gasteiger partial charge >= 0.3 is 0 Å². The summed E-state index contributed by atoms with van der Waals surface area (Å²) in [5.41, 5.74) is 0. The molecular formula is C11H7BrClIN2O2S. The van der Waals surface area contributed by atoms with Crippen LogP contribution in [0, 0.1) is 3.57 Å². The fraction of sp³-hybridized carbons (Fsp3) is 0. The fourth-order valence-electron chi connectivity index (χ4n) is 1.28. The standard InChI is InChI=1S/C11H7BrClIN2O2S/c12-9-5-8(2-3-10(9)13)19(17,18)16-11-4-1-7(14)6-15-11/h1-6H,(H,15,16). The Hall–Kier alpha value is -0.380. The Morgan fingerprint density at radius 3 is 2.58 bits per heavy atom. The summed E-state index contributed by atoms with van der Waals surface area (Å²) in [6.45, 7) is 0. The molecule has 0 saturated carbocycles. The molecule has 4 nitrogen and oxygen atoms in total. The van der Waals surface area contributed by atoms with E-state index in [-0.39, 0.29) is 10.7 Å². The zero-order valence-electron chi connectivity index (χ0n) is 9.27. The van der Waals surface area contributed by atoms with Crippen LogP contribution in [0.25, 0.3) is 0 Å². The minimum atomic E-state index is -3.67. The second kappa shape index (κ2) is 5.94. The van der Waals surface area contributed by atoms with E-state index in [9.17, 15) is 8.42 Å². The molecule has 1 aromatic carbocycles. The molecule has 2 aromatic rings. The zero-order valence-corrected chi connectivity index (χ0v) is 14.6. The molecule has 0 atom stereocenters. The summed E-state index contributed by atoms with van der Waals surface area (Å²) in [5, 5.41) is 0.450. The summed E-state index contributed by atoms with van der Waals surface area (Å²) in [6.07, 6.45) is 1.58. The van der Waals surface area contributed by atoms with Crippen molar-refractivity contribution in [3.8, 4) is 0 Å². The highest BCUT2D eigenvalue weighted by molar-refractivity contribution is 14.1. The van der Waals surface area contributed by atoms with E-state index in [1.807, 2.05) is 0 Å². The monoisotopic (exact) mass is 472 g/mol. The summed E-state index contributed by atoms with van der Waals surface area (Å²) < 4.78 is 28.1. The third-order valence-electron chi connectivity index (χ3n) is 2.17. The van der Waals surface area contributed by atoms with Crippen molar-refractivity contribution in [3.05, 3.63) is 49.6 Å². The average Bonchev–Trinajstić information content (AvgIpc) is 2.35. The van der Waals surface area contributed by atoms with Gasteiger partial charge in [-0.05, 0) is 68.9 Å². The lowest BCUT2D eigenvalue weighted by Crippen LogP contribution is -2.13. The topological polar surface area (TPSA) is 59.1 Å². The van der Waals surface area contributed by atoms with Crippen molar-refractivity contribution < 1.29 is 8.42 Å². The van der Waals surface area contributed by atoms with Crippen LogP contribution in [0.1, 0.15) is 0 Å². The van der Waals surface area contributed by atoms with Crippen LogP contribution >= 0.6 is 50.1 Å². The van der Waals surface area contributed by atoms with Gasteiger partial charge in [-0.2, -0.15) is 0 Å². The Bertz CT molecular complexity index is 707. The number of anilines is 1. The normalized spacial score (nSPS) is 11.3. The van der Waals surface area contributed by atoms with Crippen LogP contribution in [0.2, 0.25) is 5.02 Å². The summed E-state index contributed by atoms with van der Waals surface area (Å²) in [7, 11) is -3.67. The summed E-state index contributed by atoms with van der Waals surface area (Å²) in [4.78, 5) is 4.11. The smallest absolute Gasteiger partial charge is 0.263 e. The van der Waals surface area contributed by atoms with E-state index in [1.165, 1.54) is 18.2 Å². The van der Waals surface area contributed by atoms with Crippen LogP contribution in [-0.2, 0) is 10.0 Å². The number of hydrogen-bond acceptors (Lipinski definition) is 3. The van der Waals surface area contributed by atoms with Gasteiger partial charge in [-0.1, -0.05) is 11.6 Å². The van der Waals surface area contributed by atoms with Crippen LogP contribution in [0.3, 0.4) is 0 Å². The molecular weight excluding hydrogens is 466 g/mol. The fourth-order valence-corrected chi connectivity index (χ4v) is 3.28. The van der Waals surface area contributed by atoms with Crippen molar-refractivity contribution in [1.82, 2.24) is 4.98 Å². The average molecular weight is 474 g/mol. The summed E-state index contributed by atoms with van der Waals surface area (Å²) in [5.74, 6) is 0.270. The molecule has 1 N–H and O–H groups in total. The molecule has 0 bridgehead atoms. The molecule has 0 fully saturated rings. The molecule has 0 radical (unpaired) electrons. The minimum absolute atomic E-state index is 0.115. The Morgan fingerprint density at radius 2 is 2.00 bits per heavy atom. The maximum absolute atomic E-state index is 12.1. The molecule has 0 spiro atoms. The number of pyridine rings is 1. The number of aromatic nitrogens is 1. The lowest BCUT2D eigenvalue weighted by atomic mass is 10.4. The predicted octanol–water partition coefficient (Wildman–Crippen LogP) is 3.90. The molecule has 0 amide bonds. The quantitative estimate of drug-likeness (QED) is 0.688. The van der Waals surface area contributed by atoms with E-state index >= 15 is 0 Å². The highest BCUT2D eigenvalue weighted by atomic mass is 127. The van der Waals surface area contributed by atoms with Gasteiger partial charge in [-0.15, -0.1) is 0 Å². The van der Waals surface area contributed by atoms with Crippen molar-refractivity contribution in [2.45, 2.75) is 4.90 Å². The van der Waals surface area contributed by atoms with E-state index in [0.29, 0.717) is 9.50 Å². The molecule has 0 saturated heterocycles. The maximum Gasteiger partial charge on any atom is 0.263 e. The molecule has 0 aliphatic heterocycles. The number of halogens is 3. The van der Waals surface area contributed by atoms with Gasteiger partial charge in [-0.25, -0.2) is 13.4 Å². The van der Waals surface area contributed by atoms with Gasteiger partial charge in [-0.3, -0.25) is 4.72 Å². The third-order valence-corrected chi connectivity index (χ3v) is 5.37. The van der Waals surface area contributed by atoms with E-state index in [2.05, 4.69) is 48.2 Å². The first-order chi connectivity index (χ1) is 8.88. The van der Waals surface area contributed by atoms with Crippen molar-refractivity contribution in [2.75, 3.05) is 4.72 Å². The van der Waals surface area contributed by atoms with E-state index in [4.69, 9.17) is 11.6 Å². The van der Waals surface area contributed by atoms with Gasteiger partial charge in [0.1, 0.15) is 5.82 Å². The molecule has 1 heterocycles. The van der Waals surface area contributed by atoms with Crippen LogP contribution in [-0.4, -0.2) is 13.4 Å². The number of nitrogens with zero attached hydrogens (tertiary/aromatic N) is 1. The molecule has 19 heavy (non-hydrogen) atoms. The number of nitrogens with one attached hydrogen (secondary N) is 1. The first-order valence-corrected chi connectivity index (χ1v) is 8.71. The number of benzene rings is 1. The Balaban J connectivity index is 2.32. The van der Waals surface area contributed by atoms with Crippen molar-refractivity contribution >= 4 is 66.0 Å². The zero-order chi connectivity index (χ0) is 14.0. The van der Waals surface area contributed by atoms with E-state index in [0.717, 1.165) is 3.57 Å². The van der Waals surface area contributed by atoms with Crippen LogP contribution in [0.15, 0.2) is 45.9 Å². The Labute approximate surface area is 137 Å². The maximum atomic E-state index is 12.1. The Morgan fingerprint density at radius 1 is 1.26 bits per heavy atom. The lowest BCUT2D eigenvalue weighted by Gasteiger charge is -2.08. The molecule has 8 heteroatoms. The predicted molar refractivity (Wildman–Crippen MR) is 86.9 cm³/mol. The number of sulfonamides is 1. The van der Waals surface area contributed by atoms with Gasteiger partial charge < -0.3 is 0 Å². The Kier molecular flexibility index (Phi) is 4.70. The minimum Gasteiger partial charge on any atom is -0.263 e. The summed E-state index contributed by atoms with van der Waals surface area (Å²) >= 11 is 11.1. The van der Waals surface area contributed by atoms with E-state index < -0.39 is 10.0 Å².